The van der Waals surface area contributed by atoms with Crippen LogP contribution in [-0.4, -0.2) is 23.2 Å². The number of nitrogens with one attached hydrogen (secondary N) is 1. The molecule has 2 atom stereocenters. The van der Waals surface area contributed by atoms with E-state index in [1.54, 1.807) is 6.07 Å². The zero-order valence-corrected chi connectivity index (χ0v) is 12.8. The first kappa shape index (κ1) is 15.3. The molecule has 4 heteroatoms. The molecule has 1 aromatic carbocycles. The van der Waals surface area contributed by atoms with Gasteiger partial charge in [0.1, 0.15) is 0 Å². The van der Waals surface area contributed by atoms with Gasteiger partial charge >= 0.3 is 0 Å². The zero-order valence-electron chi connectivity index (χ0n) is 12.1. The maximum absolute atomic E-state index is 12.2. The first-order chi connectivity index (χ1) is 9.41. The number of aliphatic hydroxyl groups is 1. The van der Waals surface area contributed by atoms with Gasteiger partial charge in [-0.05, 0) is 37.3 Å². The van der Waals surface area contributed by atoms with Gasteiger partial charge in [0.15, 0.2) is 0 Å². The summed E-state index contributed by atoms with van der Waals surface area (Å²) in [5.74, 6) is 0.290. The van der Waals surface area contributed by atoms with E-state index in [0.717, 1.165) is 31.2 Å². The minimum absolute atomic E-state index is 0.217. The minimum Gasteiger partial charge on any atom is -0.388 e. The third-order valence-corrected chi connectivity index (χ3v) is 4.58. The lowest BCUT2D eigenvalue weighted by Gasteiger charge is -2.35. The van der Waals surface area contributed by atoms with Crippen LogP contribution in [0.1, 0.15) is 48.5 Å². The fraction of sp³-hybridized carbons (Fsp3) is 0.562. The van der Waals surface area contributed by atoms with Gasteiger partial charge in [0.2, 0.25) is 0 Å². The van der Waals surface area contributed by atoms with Crippen molar-refractivity contribution < 1.29 is 9.90 Å². The Hall–Kier alpha value is -1.06. The second-order valence-electron chi connectivity index (χ2n) is 6.04. The van der Waals surface area contributed by atoms with Crippen molar-refractivity contribution >= 4 is 17.5 Å². The van der Waals surface area contributed by atoms with Crippen molar-refractivity contribution in [1.82, 2.24) is 5.32 Å². The highest BCUT2D eigenvalue weighted by Gasteiger charge is 2.33. The summed E-state index contributed by atoms with van der Waals surface area (Å²) in [4.78, 5) is 12.2. The highest BCUT2D eigenvalue weighted by Crippen LogP contribution is 2.31. The molecular formula is C16H22ClNO2. The van der Waals surface area contributed by atoms with Gasteiger partial charge < -0.3 is 10.4 Å². The van der Waals surface area contributed by atoms with E-state index in [-0.39, 0.29) is 5.91 Å². The summed E-state index contributed by atoms with van der Waals surface area (Å²) in [7, 11) is 0. The number of hydrogen-bond acceptors (Lipinski definition) is 2. The summed E-state index contributed by atoms with van der Waals surface area (Å²) < 4.78 is 0. The number of rotatable bonds is 3. The smallest absolute Gasteiger partial charge is 0.252 e. The van der Waals surface area contributed by atoms with Gasteiger partial charge in [-0.2, -0.15) is 0 Å². The standard InChI is InChI=1S/C16H22ClNO2/c1-11-5-4-8-16(20,9-11)10-18-15(19)13-7-3-6-12(2)14(13)17/h3,6-7,11,20H,4-5,8-10H2,1-2H3,(H,18,19). The van der Waals surface area contributed by atoms with Crippen LogP contribution in [0.5, 0.6) is 0 Å². The first-order valence-corrected chi connectivity index (χ1v) is 7.55. The zero-order chi connectivity index (χ0) is 14.8. The summed E-state index contributed by atoms with van der Waals surface area (Å²) in [6.45, 7) is 4.30. The van der Waals surface area contributed by atoms with Crippen molar-refractivity contribution in [2.24, 2.45) is 5.92 Å². The normalized spacial score (nSPS) is 26.3. The molecule has 1 amide bonds. The molecule has 0 aliphatic heterocycles. The number of hydrogen-bond donors (Lipinski definition) is 2. The summed E-state index contributed by atoms with van der Waals surface area (Å²) in [6, 6.07) is 5.39. The molecule has 1 aliphatic carbocycles. The lowest BCUT2D eigenvalue weighted by atomic mass is 9.79. The van der Waals surface area contributed by atoms with Crippen molar-refractivity contribution in [1.29, 1.82) is 0 Å². The molecule has 2 N–H and O–H groups in total. The molecule has 2 unspecified atom stereocenters. The minimum atomic E-state index is -0.774. The molecule has 0 spiro atoms. The third kappa shape index (κ3) is 3.53. The van der Waals surface area contributed by atoms with Crippen LogP contribution in [-0.2, 0) is 0 Å². The highest BCUT2D eigenvalue weighted by molar-refractivity contribution is 6.34. The highest BCUT2D eigenvalue weighted by atomic mass is 35.5. The molecule has 110 valence electrons. The van der Waals surface area contributed by atoms with Gasteiger partial charge in [-0.1, -0.05) is 43.5 Å². The largest absolute Gasteiger partial charge is 0.388 e. The van der Waals surface area contributed by atoms with Crippen LogP contribution in [0.15, 0.2) is 18.2 Å². The molecule has 20 heavy (non-hydrogen) atoms. The second-order valence-corrected chi connectivity index (χ2v) is 6.42. The summed E-state index contributed by atoms with van der Waals surface area (Å²) in [5, 5.41) is 13.8. The van der Waals surface area contributed by atoms with Gasteiger partial charge in [0.25, 0.3) is 5.91 Å². The van der Waals surface area contributed by atoms with Crippen LogP contribution in [0.4, 0.5) is 0 Å². The first-order valence-electron chi connectivity index (χ1n) is 7.17. The number of halogens is 1. The van der Waals surface area contributed by atoms with E-state index in [1.807, 2.05) is 19.1 Å². The van der Waals surface area contributed by atoms with E-state index in [1.165, 1.54) is 0 Å². The average Bonchev–Trinajstić information content (AvgIpc) is 2.39. The molecule has 2 rings (SSSR count). The Morgan fingerprint density at radius 1 is 1.55 bits per heavy atom. The lowest BCUT2D eigenvalue weighted by Crippen LogP contribution is -2.45. The van der Waals surface area contributed by atoms with E-state index in [0.29, 0.717) is 23.0 Å². The Kier molecular flexibility index (Phi) is 4.71. The van der Waals surface area contributed by atoms with E-state index in [2.05, 4.69) is 12.2 Å². The second kappa shape index (κ2) is 6.15. The van der Waals surface area contributed by atoms with Crippen LogP contribution in [0.2, 0.25) is 5.02 Å². The summed E-state index contributed by atoms with van der Waals surface area (Å²) in [5.41, 5.74) is 0.576. The molecular weight excluding hydrogens is 274 g/mol. The van der Waals surface area contributed by atoms with Gasteiger partial charge in [-0.25, -0.2) is 0 Å². The SMILES string of the molecule is Cc1cccc(C(=O)NCC2(O)CCCC(C)C2)c1Cl. The maximum Gasteiger partial charge on any atom is 0.252 e. The van der Waals surface area contributed by atoms with Crippen LogP contribution in [0.3, 0.4) is 0 Å². The van der Waals surface area contributed by atoms with Crippen LogP contribution >= 0.6 is 11.6 Å². The topological polar surface area (TPSA) is 49.3 Å². The molecule has 0 radical (unpaired) electrons. The van der Waals surface area contributed by atoms with Crippen molar-refractivity contribution in [2.75, 3.05) is 6.54 Å². The van der Waals surface area contributed by atoms with Crippen LogP contribution in [0, 0.1) is 12.8 Å². The van der Waals surface area contributed by atoms with E-state index in [9.17, 15) is 9.90 Å². The van der Waals surface area contributed by atoms with Gasteiger partial charge in [-0.15, -0.1) is 0 Å². The fourth-order valence-corrected chi connectivity index (χ4v) is 3.17. The van der Waals surface area contributed by atoms with E-state index < -0.39 is 5.60 Å². The predicted octanol–water partition coefficient (Wildman–Crippen LogP) is 3.32. The molecule has 0 bridgehead atoms. The van der Waals surface area contributed by atoms with Crippen molar-refractivity contribution in [3.63, 3.8) is 0 Å². The number of benzene rings is 1. The Labute approximate surface area is 125 Å². The van der Waals surface area contributed by atoms with Crippen molar-refractivity contribution in [3.05, 3.63) is 34.3 Å². The van der Waals surface area contributed by atoms with Gasteiger partial charge in [0.05, 0.1) is 16.2 Å². The van der Waals surface area contributed by atoms with Crippen LogP contribution < -0.4 is 5.32 Å². The lowest BCUT2D eigenvalue weighted by molar-refractivity contribution is -0.0109. The Balaban J connectivity index is 2.00. The van der Waals surface area contributed by atoms with E-state index in [4.69, 9.17) is 11.6 Å². The van der Waals surface area contributed by atoms with Crippen LogP contribution in [0.25, 0.3) is 0 Å². The van der Waals surface area contributed by atoms with Crippen molar-refractivity contribution in [2.45, 2.75) is 45.1 Å². The molecule has 1 fully saturated rings. The van der Waals surface area contributed by atoms with Gasteiger partial charge in [-0.3, -0.25) is 4.79 Å². The molecule has 0 saturated heterocycles. The maximum atomic E-state index is 12.2. The summed E-state index contributed by atoms with van der Waals surface area (Å²) >= 11 is 6.14. The number of amides is 1. The number of carbonyl (C=O) groups is 1. The molecule has 1 aromatic rings. The molecule has 1 aliphatic rings. The fourth-order valence-electron chi connectivity index (χ4n) is 2.96. The quantitative estimate of drug-likeness (QED) is 0.899. The Bertz CT molecular complexity index is 503. The molecule has 1 saturated carbocycles. The Morgan fingerprint density at radius 3 is 3.00 bits per heavy atom. The molecule has 0 heterocycles. The third-order valence-electron chi connectivity index (χ3n) is 4.08. The Morgan fingerprint density at radius 2 is 2.30 bits per heavy atom. The van der Waals surface area contributed by atoms with E-state index >= 15 is 0 Å². The number of aryl methyl sites for hydroxylation is 1. The average molecular weight is 296 g/mol. The molecule has 0 aromatic heterocycles. The summed E-state index contributed by atoms with van der Waals surface area (Å²) in [6.07, 6.45) is 3.66. The number of carbonyl (C=O) groups excluding carboxylic acids is 1. The van der Waals surface area contributed by atoms with Crippen molar-refractivity contribution in [3.8, 4) is 0 Å². The van der Waals surface area contributed by atoms with Gasteiger partial charge in [0, 0.05) is 6.54 Å². The predicted molar refractivity (Wildman–Crippen MR) is 81.1 cm³/mol. The monoisotopic (exact) mass is 295 g/mol. The molecule has 3 nitrogen and oxygen atoms in total.